The van der Waals surface area contributed by atoms with Crippen LogP contribution in [-0.4, -0.2) is 31.1 Å². The van der Waals surface area contributed by atoms with Crippen LogP contribution in [0, 0.1) is 6.92 Å². The van der Waals surface area contributed by atoms with Crippen LogP contribution >= 0.6 is 11.3 Å². The Bertz CT molecular complexity index is 547. The Balaban J connectivity index is 2.36. The first-order valence-electron chi connectivity index (χ1n) is 6.01. The molecule has 100 valence electrons. The van der Waals surface area contributed by atoms with Gasteiger partial charge in [0, 0.05) is 11.4 Å². The molecule has 0 spiro atoms. The van der Waals surface area contributed by atoms with E-state index in [4.69, 9.17) is 0 Å². The minimum absolute atomic E-state index is 0.0634. The molecule has 0 aliphatic carbocycles. The van der Waals surface area contributed by atoms with E-state index < -0.39 is 16.1 Å². The Hall–Kier alpha value is -0.720. The molecule has 1 saturated heterocycles. The topological polar surface area (TPSA) is 54.5 Å². The number of hydrogen-bond acceptors (Lipinski definition) is 4. The summed E-state index contributed by atoms with van der Waals surface area (Å²) in [5.74, 6) is -0.0634. The second-order valence-electron chi connectivity index (χ2n) is 4.60. The van der Waals surface area contributed by atoms with E-state index in [0.717, 1.165) is 17.7 Å². The maximum absolute atomic E-state index is 12.5. The van der Waals surface area contributed by atoms with Gasteiger partial charge in [-0.25, -0.2) is 8.42 Å². The van der Waals surface area contributed by atoms with Gasteiger partial charge in [0.2, 0.25) is 0 Å². The quantitative estimate of drug-likeness (QED) is 0.856. The first kappa shape index (κ1) is 13.7. The Labute approximate surface area is 112 Å². The third kappa shape index (κ3) is 2.50. The number of sulfonamides is 1. The molecule has 2 heterocycles. The standard InChI is InChI=1S/C12H17NO3S2/c1-9-6-7-12(17-9)18(15,16)13-8-4-3-5-11(13)10(2)14/h6-7,11H,3-5,8H2,1-2H3. The predicted molar refractivity (Wildman–Crippen MR) is 71.3 cm³/mol. The lowest BCUT2D eigenvalue weighted by atomic mass is 10.0. The third-order valence-corrected chi connectivity index (χ3v) is 6.58. The molecule has 1 aliphatic heterocycles. The molecular formula is C12H17NO3S2. The molecule has 1 fully saturated rings. The van der Waals surface area contributed by atoms with Crippen LogP contribution in [0.15, 0.2) is 16.3 Å². The summed E-state index contributed by atoms with van der Waals surface area (Å²) < 4.78 is 26.7. The lowest BCUT2D eigenvalue weighted by molar-refractivity contribution is -0.121. The second kappa shape index (κ2) is 5.11. The maximum Gasteiger partial charge on any atom is 0.253 e. The summed E-state index contributed by atoms with van der Waals surface area (Å²) in [7, 11) is -3.50. The molecule has 18 heavy (non-hydrogen) atoms. The molecule has 0 amide bonds. The van der Waals surface area contributed by atoms with Crippen LogP contribution in [0.1, 0.15) is 31.1 Å². The van der Waals surface area contributed by atoms with Crippen molar-refractivity contribution in [2.75, 3.05) is 6.54 Å². The molecule has 1 aromatic rings. The summed E-state index contributed by atoms with van der Waals surface area (Å²) in [6.07, 6.45) is 2.38. The first-order chi connectivity index (χ1) is 8.43. The first-order valence-corrected chi connectivity index (χ1v) is 8.27. The van der Waals surface area contributed by atoms with E-state index in [2.05, 4.69) is 0 Å². The molecule has 1 atom stereocenters. The van der Waals surface area contributed by atoms with Gasteiger partial charge < -0.3 is 0 Å². The van der Waals surface area contributed by atoms with Crippen LogP contribution in [0.3, 0.4) is 0 Å². The smallest absolute Gasteiger partial charge is 0.253 e. The summed E-state index contributed by atoms with van der Waals surface area (Å²) in [6, 6.07) is 2.94. The minimum atomic E-state index is -3.50. The van der Waals surface area contributed by atoms with Crippen molar-refractivity contribution in [3.8, 4) is 0 Å². The van der Waals surface area contributed by atoms with Crippen LogP contribution < -0.4 is 0 Å². The van der Waals surface area contributed by atoms with Gasteiger partial charge in [0.25, 0.3) is 10.0 Å². The number of ketones is 1. The van der Waals surface area contributed by atoms with E-state index in [1.165, 1.54) is 22.6 Å². The van der Waals surface area contributed by atoms with Gasteiger partial charge >= 0.3 is 0 Å². The predicted octanol–water partition coefficient (Wildman–Crippen LogP) is 2.19. The third-order valence-electron chi connectivity index (χ3n) is 3.20. The fourth-order valence-corrected chi connectivity index (χ4v) is 5.39. The van der Waals surface area contributed by atoms with Crippen molar-refractivity contribution in [1.82, 2.24) is 4.31 Å². The number of carbonyl (C=O) groups is 1. The summed E-state index contributed by atoms with van der Waals surface area (Å²) in [6.45, 7) is 3.80. The molecule has 1 aliphatic rings. The molecule has 0 aromatic carbocycles. The molecule has 1 unspecified atom stereocenters. The van der Waals surface area contributed by atoms with Crippen LogP contribution in [-0.2, 0) is 14.8 Å². The van der Waals surface area contributed by atoms with E-state index in [9.17, 15) is 13.2 Å². The second-order valence-corrected chi connectivity index (χ2v) is 8.01. The summed E-state index contributed by atoms with van der Waals surface area (Å²) in [5, 5.41) is 0. The summed E-state index contributed by atoms with van der Waals surface area (Å²) in [4.78, 5) is 12.6. The van der Waals surface area contributed by atoms with Crippen molar-refractivity contribution in [3.63, 3.8) is 0 Å². The molecule has 6 heteroatoms. The van der Waals surface area contributed by atoms with Gasteiger partial charge in [0.05, 0.1) is 6.04 Å². The number of thiophene rings is 1. The number of rotatable bonds is 3. The highest BCUT2D eigenvalue weighted by Crippen LogP contribution is 2.29. The Morgan fingerprint density at radius 1 is 1.39 bits per heavy atom. The van der Waals surface area contributed by atoms with Gasteiger partial charge in [-0.15, -0.1) is 11.3 Å². The monoisotopic (exact) mass is 287 g/mol. The zero-order valence-corrected chi connectivity index (χ0v) is 12.2. The molecule has 2 rings (SSSR count). The molecular weight excluding hydrogens is 270 g/mol. The average molecular weight is 287 g/mol. The Morgan fingerprint density at radius 3 is 2.67 bits per heavy atom. The summed E-state index contributed by atoms with van der Waals surface area (Å²) in [5.41, 5.74) is 0. The van der Waals surface area contributed by atoms with Gasteiger partial charge in [-0.2, -0.15) is 4.31 Å². The van der Waals surface area contributed by atoms with Crippen LogP contribution in [0.5, 0.6) is 0 Å². The molecule has 0 N–H and O–H groups in total. The van der Waals surface area contributed by atoms with Gasteiger partial charge in [-0.1, -0.05) is 6.42 Å². The van der Waals surface area contributed by atoms with Crippen molar-refractivity contribution in [2.45, 2.75) is 43.4 Å². The van der Waals surface area contributed by atoms with Crippen molar-refractivity contribution >= 4 is 27.1 Å². The highest BCUT2D eigenvalue weighted by Gasteiger charge is 2.36. The van der Waals surface area contributed by atoms with Crippen molar-refractivity contribution in [3.05, 3.63) is 17.0 Å². The Kier molecular flexibility index (Phi) is 3.89. The van der Waals surface area contributed by atoms with Gasteiger partial charge in [0.1, 0.15) is 9.99 Å². The van der Waals surface area contributed by atoms with Crippen molar-refractivity contribution in [2.24, 2.45) is 0 Å². The fourth-order valence-electron chi connectivity index (χ4n) is 2.27. The lowest BCUT2D eigenvalue weighted by Gasteiger charge is -2.32. The molecule has 4 nitrogen and oxygen atoms in total. The summed E-state index contributed by atoms with van der Waals surface area (Å²) >= 11 is 1.26. The van der Waals surface area contributed by atoms with Gasteiger partial charge in [0.15, 0.2) is 0 Å². The maximum atomic E-state index is 12.5. The largest absolute Gasteiger partial charge is 0.298 e. The lowest BCUT2D eigenvalue weighted by Crippen LogP contribution is -2.46. The molecule has 1 aromatic heterocycles. The fraction of sp³-hybridized carbons (Fsp3) is 0.583. The molecule has 0 bridgehead atoms. The highest BCUT2D eigenvalue weighted by atomic mass is 32.2. The average Bonchev–Trinajstić information content (AvgIpc) is 2.76. The van der Waals surface area contributed by atoms with E-state index in [1.54, 1.807) is 12.1 Å². The van der Waals surface area contributed by atoms with Crippen LogP contribution in [0.4, 0.5) is 0 Å². The molecule has 0 radical (unpaired) electrons. The number of nitrogens with zero attached hydrogens (tertiary/aromatic N) is 1. The van der Waals surface area contributed by atoms with Gasteiger partial charge in [-0.3, -0.25) is 4.79 Å². The Morgan fingerprint density at radius 2 is 2.11 bits per heavy atom. The number of Topliss-reactive ketones (excluding diaryl/α,β-unsaturated/α-hetero) is 1. The molecule has 0 saturated carbocycles. The van der Waals surface area contributed by atoms with E-state index in [0.29, 0.717) is 17.2 Å². The zero-order valence-electron chi connectivity index (χ0n) is 10.5. The number of hydrogen-bond donors (Lipinski definition) is 0. The van der Waals surface area contributed by atoms with Gasteiger partial charge in [-0.05, 0) is 38.8 Å². The normalized spacial score (nSPS) is 22.0. The van der Waals surface area contributed by atoms with Crippen molar-refractivity contribution < 1.29 is 13.2 Å². The van der Waals surface area contributed by atoms with Crippen molar-refractivity contribution in [1.29, 1.82) is 0 Å². The van der Waals surface area contributed by atoms with E-state index in [-0.39, 0.29) is 5.78 Å². The number of carbonyl (C=O) groups excluding carboxylic acids is 1. The zero-order chi connectivity index (χ0) is 13.3. The van der Waals surface area contributed by atoms with E-state index in [1.807, 2.05) is 6.92 Å². The van der Waals surface area contributed by atoms with Crippen LogP contribution in [0.25, 0.3) is 0 Å². The van der Waals surface area contributed by atoms with E-state index >= 15 is 0 Å². The highest BCUT2D eigenvalue weighted by molar-refractivity contribution is 7.91. The SMILES string of the molecule is CC(=O)C1CCCCN1S(=O)(=O)c1ccc(C)s1. The number of piperidine rings is 1. The van der Waals surface area contributed by atoms with Crippen LogP contribution in [0.2, 0.25) is 0 Å². The number of aryl methyl sites for hydroxylation is 1. The minimum Gasteiger partial charge on any atom is -0.298 e.